The van der Waals surface area contributed by atoms with Gasteiger partial charge in [0, 0.05) is 17.4 Å². The number of pyridine rings is 1. The minimum absolute atomic E-state index is 0.0493. The van der Waals surface area contributed by atoms with E-state index in [0.29, 0.717) is 22.4 Å². The zero-order valence-corrected chi connectivity index (χ0v) is 12.3. The summed E-state index contributed by atoms with van der Waals surface area (Å²) in [5.74, 6) is -0.434. The Morgan fingerprint density at radius 3 is 2.86 bits per heavy atom. The predicted molar refractivity (Wildman–Crippen MR) is 82.3 cm³/mol. The average molecular weight is 340 g/mol. The molecule has 0 saturated carbocycles. The molecule has 1 aromatic carbocycles. The number of aromatic nitrogens is 3. The molecule has 0 unspecified atom stereocenters. The number of benzene rings is 1. The maximum absolute atomic E-state index is 13.2. The number of nitrogens with zero attached hydrogens (tertiary/aromatic N) is 3. The first-order valence-electron chi connectivity index (χ1n) is 6.03. The Bertz CT molecular complexity index is 880. The summed E-state index contributed by atoms with van der Waals surface area (Å²) in [5.41, 5.74) is 1.82. The van der Waals surface area contributed by atoms with Crippen LogP contribution in [0.3, 0.4) is 0 Å². The molecule has 0 aliphatic heterocycles. The molecule has 0 bridgehead atoms. The number of rotatable bonds is 2. The van der Waals surface area contributed by atoms with Crippen molar-refractivity contribution in [1.82, 2.24) is 15.0 Å². The van der Waals surface area contributed by atoms with Gasteiger partial charge in [0.05, 0.1) is 10.5 Å². The van der Waals surface area contributed by atoms with Crippen molar-refractivity contribution in [2.45, 2.75) is 0 Å². The van der Waals surface area contributed by atoms with Crippen molar-refractivity contribution in [1.29, 1.82) is 0 Å². The molecule has 3 rings (SSSR count). The Morgan fingerprint density at radius 1 is 1.32 bits per heavy atom. The van der Waals surface area contributed by atoms with Gasteiger partial charge in [-0.3, -0.25) is 0 Å². The largest absolute Gasteiger partial charge is 0.409 e. The van der Waals surface area contributed by atoms with Crippen LogP contribution in [-0.4, -0.2) is 26.0 Å². The minimum Gasteiger partial charge on any atom is -0.409 e. The van der Waals surface area contributed by atoms with Crippen LogP contribution in [-0.2, 0) is 0 Å². The second kappa shape index (κ2) is 5.78. The van der Waals surface area contributed by atoms with Crippen molar-refractivity contribution in [3.63, 3.8) is 0 Å². The van der Waals surface area contributed by atoms with Gasteiger partial charge in [-0.05, 0) is 35.9 Å². The lowest BCUT2D eigenvalue weighted by Gasteiger charge is -2.09. The molecular weight excluding hydrogens is 332 g/mol. The first kappa shape index (κ1) is 14.6. The van der Waals surface area contributed by atoms with E-state index in [1.165, 1.54) is 24.4 Å². The Labute approximate surface area is 133 Å². The molecule has 3 N–H and O–H groups in total. The number of amidine groups is 1. The molecule has 0 aliphatic carbocycles. The predicted octanol–water partition coefficient (Wildman–Crippen LogP) is 3.65. The van der Waals surface area contributed by atoms with Crippen LogP contribution in [0, 0.1) is 5.82 Å². The maximum atomic E-state index is 13.2. The highest BCUT2D eigenvalue weighted by atomic mass is 35.5. The molecule has 0 atom stereocenters. The van der Waals surface area contributed by atoms with Crippen molar-refractivity contribution in [2.75, 3.05) is 5.32 Å². The van der Waals surface area contributed by atoms with Crippen molar-refractivity contribution >= 4 is 45.9 Å². The number of anilines is 1. The van der Waals surface area contributed by atoms with Crippen LogP contribution in [0.15, 0.2) is 35.6 Å². The van der Waals surface area contributed by atoms with Crippen molar-refractivity contribution in [2.24, 2.45) is 5.16 Å². The number of imidazole rings is 1. The average Bonchev–Trinajstić information content (AvgIpc) is 2.88. The third-order valence-electron chi connectivity index (χ3n) is 2.90. The lowest BCUT2D eigenvalue weighted by atomic mass is 10.2. The topological polar surface area (TPSA) is 86.2 Å². The molecular formula is C13H8Cl2FN5O. The van der Waals surface area contributed by atoms with Crippen LogP contribution in [0.2, 0.25) is 10.3 Å². The fourth-order valence-electron chi connectivity index (χ4n) is 1.94. The van der Waals surface area contributed by atoms with Crippen molar-refractivity contribution < 1.29 is 9.60 Å². The molecule has 0 radical (unpaired) electrons. The van der Waals surface area contributed by atoms with E-state index >= 15 is 0 Å². The molecule has 112 valence electrons. The zero-order chi connectivity index (χ0) is 15.7. The Balaban J connectivity index is 2.01. The smallest absolute Gasteiger partial charge is 0.202 e. The molecule has 0 aliphatic rings. The third-order valence-corrected chi connectivity index (χ3v) is 3.37. The van der Waals surface area contributed by atoms with E-state index in [-0.39, 0.29) is 16.1 Å². The lowest BCUT2D eigenvalue weighted by molar-refractivity contribution is 0.319. The van der Waals surface area contributed by atoms with E-state index in [1.807, 2.05) is 0 Å². The number of aromatic amines is 1. The van der Waals surface area contributed by atoms with Gasteiger partial charge in [-0.15, -0.1) is 0 Å². The number of fused-ring (bicyclic) bond motifs is 1. The number of halogens is 3. The minimum atomic E-state index is -0.540. The first-order chi connectivity index (χ1) is 10.6. The van der Waals surface area contributed by atoms with E-state index < -0.39 is 5.82 Å². The van der Waals surface area contributed by atoms with Gasteiger partial charge in [0.2, 0.25) is 5.28 Å². The summed E-state index contributed by atoms with van der Waals surface area (Å²) in [7, 11) is 0. The molecule has 9 heteroatoms. The molecule has 0 saturated heterocycles. The quantitative estimate of drug-likeness (QED) is 0.288. The van der Waals surface area contributed by atoms with Crippen LogP contribution in [0.5, 0.6) is 0 Å². The second-order valence-electron chi connectivity index (χ2n) is 4.29. The fraction of sp³-hybridized carbons (Fsp3) is 0. The van der Waals surface area contributed by atoms with Gasteiger partial charge < -0.3 is 15.5 Å². The number of H-pyrrole nitrogens is 1. The summed E-state index contributed by atoms with van der Waals surface area (Å²) < 4.78 is 13.2. The van der Waals surface area contributed by atoms with Crippen LogP contribution < -0.4 is 5.32 Å². The zero-order valence-electron chi connectivity index (χ0n) is 10.8. The molecule has 0 spiro atoms. The highest BCUT2D eigenvalue weighted by Gasteiger charge is 2.14. The van der Waals surface area contributed by atoms with Crippen LogP contribution in [0.4, 0.5) is 10.1 Å². The monoisotopic (exact) mass is 339 g/mol. The molecule has 6 nitrogen and oxygen atoms in total. The summed E-state index contributed by atoms with van der Waals surface area (Å²) >= 11 is 11.5. The Kier molecular flexibility index (Phi) is 3.82. The number of hydrogen-bond donors (Lipinski definition) is 3. The summed E-state index contributed by atoms with van der Waals surface area (Å²) in [4.78, 5) is 10.9. The Morgan fingerprint density at radius 2 is 2.14 bits per heavy atom. The molecule has 22 heavy (non-hydrogen) atoms. The van der Waals surface area contributed by atoms with Gasteiger partial charge in [-0.1, -0.05) is 16.8 Å². The van der Waals surface area contributed by atoms with E-state index in [4.69, 9.17) is 23.2 Å². The molecule has 0 amide bonds. The van der Waals surface area contributed by atoms with E-state index in [1.54, 1.807) is 6.07 Å². The highest BCUT2D eigenvalue weighted by molar-refractivity contribution is 6.31. The number of hydrogen-bond acceptors (Lipinski definition) is 4. The van der Waals surface area contributed by atoms with E-state index in [2.05, 4.69) is 25.4 Å². The summed E-state index contributed by atoms with van der Waals surface area (Å²) in [6.45, 7) is 0. The molecule has 3 aromatic rings. The normalized spacial score (nSPS) is 11.9. The van der Waals surface area contributed by atoms with E-state index in [0.717, 1.165) is 0 Å². The van der Waals surface area contributed by atoms with Gasteiger partial charge in [-0.25, -0.2) is 9.37 Å². The van der Waals surface area contributed by atoms with Gasteiger partial charge in [-0.2, -0.15) is 4.98 Å². The Hall–Kier alpha value is -2.38. The number of oxime groups is 1. The lowest BCUT2D eigenvalue weighted by Crippen LogP contribution is -2.14. The van der Waals surface area contributed by atoms with Gasteiger partial charge in [0.25, 0.3) is 0 Å². The van der Waals surface area contributed by atoms with Gasteiger partial charge in [0.15, 0.2) is 11.5 Å². The summed E-state index contributed by atoms with van der Waals surface area (Å²) in [5, 5.41) is 15.4. The van der Waals surface area contributed by atoms with Crippen LogP contribution >= 0.6 is 23.2 Å². The maximum Gasteiger partial charge on any atom is 0.202 e. The first-order valence-corrected chi connectivity index (χ1v) is 6.79. The van der Waals surface area contributed by atoms with Gasteiger partial charge >= 0.3 is 0 Å². The van der Waals surface area contributed by atoms with E-state index in [9.17, 15) is 9.60 Å². The highest BCUT2D eigenvalue weighted by Crippen LogP contribution is 2.22. The van der Waals surface area contributed by atoms with Crippen LogP contribution in [0.25, 0.3) is 11.2 Å². The standard InChI is InChI=1S/C13H8Cl2FN5O/c14-8-5-6(1-2-9(8)16)18-11(21-22)7-3-4-17-12-10(7)19-13(15)20-12/h1-5,22H,(H,18,21)(H,17,19,20). The van der Waals surface area contributed by atoms with Gasteiger partial charge in [0.1, 0.15) is 5.82 Å². The fourth-order valence-corrected chi connectivity index (χ4v) is 2.29. The molecule has 0 fully saturated rings. The van der Waals surface area contributed by atoms with Crippen LogP contribution in [0.1, 0.15) is 5.56 Å². The summed E-state index contributed by atoms with van der Waals surface area (Å²) in [6, 6.07) is 5.66. The summed E-state index contributed by atoms with van der Waals surface area (Å²) in [6.07, 6.45) is 1.50. The third kappa shape index (κ3) is 2.68. The molecule has 2 aromatic heterocycles. The van der Waals surface area contributed by atoms with Crippen molar-refractivity contribution in [3.8, 4) is 0 Å². The van der Waals surface area contributed by atoms with Crippen molar-refractivity contribution in [3.05, 3.63) is 52.1 Å². The molecule has 2 heterocycles. The second-order valence-corrected chi connectivity index (χ2v) is 5.05. The SMILES string of the molecule is O/N=C(/Nc1ccc(F)c(Cl)c1)c1ccnc2nc(Cl)[nH]c12. The number of nitrogens with one attached hydrogen (secondary N) is 2.